The highest BCUT2D eigenvalue weighted by atomic mass is 79.9. The zero-order valence-corrected chi connectivity index (χ0v) is 11.3. The first-order valence-corrected chi connectivity index (χ1v) is 5.83. The molecule has 1 aromatic carbocycles. The summed E-state index contributed by atoms with van der Waals surface area (Å²) in [6, 6.07) is 7.50. The fourth-order valence-corrected chi connectivity index (χ4v) is 1.63. The van der Waals surface area contributed by atoms with E-state index in [1.807, 2.05) is 38.1 Å². The summed E-state index contributed by atoms with van der Waals surface area (Å²) < 4.78 is 6.14. The van der Waals surface area contributed by atoms with Crippen LogP contribution < -0.4 is 5.32 Å². The molecule has 0 fully saturated rings. The molecule has 0 heterocycles. The first-order chi connectivity index (χ1) is 7.43. The van der Waals surface area contributed by atoms with Gasteiger partial charge in [0.2, 0.25) is 5.91 Å². The summed E-state index contributed by atoms with van der Waals surface area (Å²) in [5.74, 6) is -0.0510. The maximum Gasteiger partial charge on any atom is 0.227 e. The van der Waals surface area contributed by atoms with Crippen molar-refractivity contribution in [2.24, 2.45) is 0 Å². The van der Waals surface area contributed by atoms with Gasteiger partial charge in [0.15, 0.2) is 0 Å². The number of carbonyl (C=O) groups excluding carboxylic acids is 1. The van der Waals surface area contributed by atoms with Gasteiger partial charge >= 0.3 is 0 Å². The van der Waals surface area contributed by atoms with E-state index in [1.165, 1.54) is 0 Å². The Labute approximate surface area is 104 Å². The van der Waals surface area contributed by atoms with Crippen LogP contribution in [0.25, 0.3) is 0 Å². The van der Waals surface area contributed by atoms with E-state index in [1.54, 1.807) is 7.11 Å². The van der Waals surface area contributed by atoms with Gasteiger partial charge in [0, 0.05) is 17.3 Å². The van der Waals surface area contributed by atoms with Crippen molar-refractivity contribution < 1.29 is 9.53 Å². The van der Waals surface area contributed by atoms with Crippen LogP contribution in [-0.2, 0) is 9.53 Å². The molecule has 0 saturated carbocycles. The van der Waals surface area contributed by atoms with Crippen LogP contribution in [0.5, 0.6) is 0 Å². The van der Waals surface area contributed by atoms with Crippen molar-refractivity contribution in [2.75, 3.05) is 12.4 Å². The first-order valence-electron chi connectivity index (χ1n) is 5.03. The molecule has 1 N–H and O–H groups in total. The predicted molar refractivity (Wildman–Crippen MR) is 68.5 cm³/mol. The molecule has 0 radical (unpaired) electrons. The summed E-state index contributed by atoms with van der Waals surface area (Å²) in [6.07, 6.45) is 0.329. The third kappa shape index (κ3) is 4.33. The molecule has 16 heavy (non-hydrogen) atoms. The molecule has 0 aliphatic rings. The zero-order chi connectivity index (χ0) is 12.2. The minimum atomic E-state index is -0.434. The number of amides is 1. The Morgan fingerprint density at radius 3 is 2.75 bits per heavy atom. The normalized spacial score (nSPS) is 11.2. The predicted octanol–water partition coefficient (Wildman–Crippen LogP) is 3.20. The van der Waals surface area contributed by atoms with E-state index in [9.17, 15) is 4.79 Å². The molecule has 0 bridgehead atoms. The minimum Gasteiger partial charge on any atom is -0.378 e. The summed E-state index contributed by atoms with van der Waals surface area (Å²) in [4.78, 5) is 11.7. The van der Waals surface area contributed by atoms with Gasteiger partial charge < -0.3 is 10.1 Å². The van der Waals surface area contributed by atoms with Crippen LogP contribution in [0.4, 0.5) is 5.69 Å². The lowest BCUT2D eigenvalue weighted by Crippen LogP contribution is -2.29. The Bertz CT molecular complexity index is 377. The molecule has 1 rings (SSSR count). The van der Waals surface area contributed by atoms with Crippen molar-refractivity contribution >= 4 is 27.5 Å². The van der Waals surface area contributed by atoms with Crippen molar-refractivity contribution in [1.29, 1.82) is 0 Å². The van der Waals surface area contributed by atoms with Crippen molar-refractivity contribution in [3.8, 4) is 0 Å². The van der Waals surface area contributed by atoms with E-state index in [0.717, 1.165) is 10.2 Å². The van der Waals surface area contributed by atoms with Crippen LogP contribution in [0.1, 0.15) is 20.3 Å². The zero-order valence-electron chi connectivity index (χ0n) is 9.71. The van der Waals surface area contributed by atoms with Gasteiger partial charge in [0.25, 0.3) is 0 Å². The second kappa shape index (κ2) is 5.46. The monoisotopic (exact) mass is 285 g/mol. The quantitative estimate of drug-likeness (QED) is 0.923. The minimum absolute atomic E-state index is 0.0510. The lowest BCUT2D eigenvalue weighted by atomic mass is 10.0. The van der Waals surface area contributed by atoms with Gasteiger partial charge in [-0.05, 0) is 32.0 Å². The molecule has 0 atom stereocenters. The highest BCUT2D eigenvalue weighted by Gasteiger charge is 2.20. The fourth-order valence-electron chi connectivity index (χ4n) is 1.23. The van der Waals surface area contributed by atoms with Gasteiger partial charge in [-0.1, -0.05) is 22.0 Å². The van der Waals surface area contributed by atoms with Gasteiger partial charge in [-0.3, -0.25) is 4.79 Å². The molecule has 0 unspecified atom stereocenters. The molecule has 0 aliphatic carbocycles. The van der Waals surface area contributed by atoms with E-state index >= 15 is 0 Å². The van der Waals surface area contributed by atoms with Crippen LogP contribution in [0, 0.1) is 0 Å². The van der Waals surface area contributed by atoms with E-state index in [4.69, 9.17) is 4.74 Å². The van der Waals surface area contributed by atoms with Gasteiger partial charge in [-0.25, -0.2) is 0 Å². The average Bonchev–Trinajstić information content (AvgIpc) is 2.16. The number of nitrogens with one attached hydrogen (secondary N) is 1. The molecule has 0 aliphatic heterocycles. The Hall–Kier alpha value is -0.870. The Morgan fingerprint density at radius 1 is 1.50 bits per heavy atom. The molecule has 1 amide bonds. The molecule has 3 nitrogen and oxygen atoms in total. The molecule has 88 valence electrons. The average molecular weight is 286 g/mol. The van der Waals surface area contributed by atoms with E-state index < -0.39 is 5.60 Å². The number of hydrogen-bond donors (Lipinski definition) is 1. The number of benzene rings is 1. The maximum absolute atomic E-state index is 11.7. The molecular weight excluding hydrogens is 270 g/mol. The third-order valence-corrected chi connectivity index (χ3v) is 2.74. The summed E-state index contributed by atoms with van der Waals surface area (Å²) in [5, 5.41) is 2.82. The van der Waals surface area contributed by atoms with Gasteiger partial charge in [-0.15, -0.1) is 0 Å². The fraction of sp³-hybridized carbons (Fsp3) is 0.417. The van der Waals surface area contributed by atoms with Gasteiger partial charge in [0.05, 0.1) is 12.0 Å². The van der Waals surface area contributed by atoms with Crippen LogP contribution in [-0.4, -0.2) is 18.6 Å². The van der Waals surface area contributed by atoms with Crippen molar-refractivity contribution in [3.05, 3.63) is 28.7 Å². The molecule has 0 aromatic heterocycles. The number of halogens is 1. The van der Waals surface area contributed by atoms with E-state index in [-0.39, 0.29) is 5.91 Å². The summed E-state index contributed by atoms with van der Waals surface area (Å²) in [7, 11) is 1.60. The molecule has 4 heteroatoms. The van der Waals surface area contributed by atoms with Crippen LogP contribution in [0.15, 0.2) is 28.7 Å². The Kier molecular flexibility index (Phi) is 4.50. The van der Waals surface area contributed by atoms with Crippen molar-refractivity contribution in [2.45, 2.75) is 25.9 Å². The molecule has 1 aromatic rings. The third-order valence-electron chi connectivity index (χ3n) is 2.25. The lowest BCUT2D eigenvalue weighted by Gasteiger charge is -2.21. The first kappa shape index (κ1) is 13.2. The standard InChI is InChI=1S/C12H16BrNO2/c1-12(2,16-3)8-11(15)14-10-6-4-5-9(13)7-10/h4-7H,8H2,1-3H3,(H,14,15). The number of carbonyl (C=O) groups is 1. The lowest BCUT2D eigenvalue weighted by molar-refractivity contribution is -0.121. The number of methoxy groups -OCH3 is 1. The highest BCUT2D eigenvalue weighted by Crippen LogP contribution is 2.18. The van der Waals surface area contributed by atoms with Crippen molar-refractivity contribution in [1.82, 2.24) is 0 Å². The summed E-state index contributed by atoms with van der Waals surface area (Å²) in [5.41, 5.74) is 0.349. The van der Waals surface area contributed by atoms with Crippen LogP contribution in [0.2, 0.25) is 0 Å². The van der Waals surface area contributed by atoms with Crippen LogP contribution >= 0.6 is 15.9 Å². The number of anilines is 1. The van der Waals surface area contributed by atoms with Crippen LogP contribution in [0.3, 0.4) is 0 Å². The Balaban J connectivity index is 2.59. The Morgan fingerprint density at radius 2 is 2.19 bits per heavy atom. The smallest absolute Gasteiger partial charge is 0.227 e. The van der Waals surface area contributed by atoms with Crippen molar-refractivity contribution in [3.63, 3.8) is 0 Å². The summed E-state index contributed by atoms with van der Waals surface area (Å²) >= 11 is 3.35. The molecule has 0 spiro atoms. The number of ether oxygens (including phenoxy) is 1. The molecule has 0 saturated heterocycles. The maximum atomic E-state index is 11.7. The highest BCUT2D eigenvalue weighted by molar-refractivity contribution is 9.10. The van der Waals surface area contributed by atoms with Gasteiger partial charge in [-0.2, -0.15) is 0 Å². The topological polar surface area (TPSA) is 38.3 Å². The largest absolute Gasteiger partial charge is 0.378 e. The molecular formula is C12H16BrNO2. The number of rotatable bonds is 4. The van der Waals surface area contributed by atoms with Gasteiger partial charge in [0.1, 0.15) is 0 Å². The number of hydrogen-bond acceptors (Lipinski definition) is 2. The van der Waals surface area contributed by atoms with E-state index in [0.29, 0.717) is 6.42 Å². The van der Waals surface area contributed by atoms with E-state index in [2.05, 4.69) is 21.2 Å². The summed E-state index contributed by atoms with van der Waals surface area (Å²) in [6.45, 7) is 3.76. The SMILES string of the molecule is COC(C)(C)CC(=O)Nc1cccc(Br)c1. The second-order valence-electron chi connectivity index (χ2n) is 4.20. The second-order valence-corrected chi connectivity index (χ2v) is 5.11.